The molecule has 7 heteroatoms. The second-order valence-corrected chi connectivity index (χ2v) is 6.24. The number of hydrogen-bond donors (Lipinski definition) is 0. The third-order valence-corrected chi connectivity index (χ3v) is 4.61. The molecule has 3 heterocycles. The Morgan fingerprint density at radius 1 is 1.36 bits per heavy atom. The first-order valence-electron chi connectivity index (χ1n) is 7.29. The van der Waals surface area contributed by atoms with E-state index in [1.54, 1.807) is 0 Å². The fraction of sp³-hybridized carbons (Fsp3) is 0.467. The molecule has 0 radical (unpaired) electrons. The van der Waals surface area contributed by atoms with E-state index < -0.39 is 0 Å². The number of fused-ring (bicyclic) bond motifs is 1. The second-order valence-electron chi connectivity index (χ2n) is 5.24. The van der Waals surface area contributed by atoms with E-state index in [4.69, 9.17) is 4.74 Å². The van der Waals surface area contributed by atoms with Gasteiger partial charge < -0.3 is 4.74 Å². The van der Waals surface area contributed by atoms with Crippen LogP contribution in [0.1, 0.15) is 40.3 Å². The van der Waals surface area contributed by atoms with Crippen LogP contribution in [0.15, 0.2) is 17.2 Å². The number of aryl methyl sites for hydroxylation is 2. The molecule has 1 aliphatic heterocycles. The molecule has 22 heavy (non-hydrogen) atoms. The Morgan fingerprint density at radius 3 is 2.95 bits per heavy atom. The molecular weight excluding hydrogens is 300 g/mol. The van der Waals surface area contributed by atoms with E-state index in [0.29, 0.717) is 11.3 Å². The van der Waals surface area contributed by atoms with Crippen molar-refractivity contribution in [3.63, 3.8) is 0 Å². The molecule has 0 fully saturated rings. The zero-order valence-corrected chi connectivity index (χ0v) is 13.5. The predicted octanol–water partition coefficient (Wildman–Crippen LogP) is 2.40. The quantitative estimate of drug-likeness (QED) is 0.637. The summed E-state index contributed by atoms with van der Waals surface area (Å²) < 4.78 is 6.89. The van der Waals surface area contributed by atoms with E-state index >= 15 is 0 Å². The van der Waals surface area contributed by atoms with E-state index in [-0.39, 0.29) is 5.97 Å². The number of aromatic nitrogens is 4. The minimum atomic E-state index is -0.297. The second kappa shape index (κ2) is 6.48. The summed E-state index contributed by atoms with van der Waals surface area (Å²) in [6, 6.07) is 3.86. The molecule has 0 spiro atoms. The Kier molecular flexibility index (Phi) is 4.42. The predicted molar refractivity (Wildman–Crippen MR) is 82.8 cm³/mol. The van der Waals surface area contributed by atoms with Gasteiger partial charge in [-0.3, -0.25) is 4.68 Å². The summed E-state index contributed by atoms with van der Waals surface area (Å²) in [5.74, 6) is 0.288. The first-order chi connectivity index (χ1) is 10.7. The number of thioether (sulfide) groups is 1. The Hall–Kier alpha value is -1.89. The number of rotatable bonds is 4. The first kappa shape index (κ1) is 15.0. The third kappa shape index (κ3) is 2.99. The molecule has 0 saturated carbocycles. The highest BCUT2D eigenvalue weighted by atomic mass is 32.2. The van der Waals surface area contributed by atoms with Gasteiger partial charge in [-0.2, -0.15) is 10.2 Å². The molecule has 3 rings (SSSR count). The van der Waals surface area contributed by atoms with E-state index in [9.17, 15) is 4.79 Å². The van der Waals surface area contributed by atoms with Gasteiger partial charge in [-0.05, 0) is 38.3 Å². The van der Waals surface area contributed by atoms with Crippen molar-refractivity contribution in [2.45, 2.75) is 43.5 Å². The highest BCUT2D eigenvalue weighted by Crippen LogP contribution is 2.27. The highest BCUT2D eigenvalue weighted by molar-refractivity contribution is 7.98. The van der Waals surface area contributed by atoms with Gasteiger partial charge in [0.05, 0.1) is 24.2 Å². The molecule has 0 saturated heterocycles. The zero-order chi connectivity index (χ0) is 15.5. The molecule has 0 N–H and O–H groups in total. The van der Waals surface area contributed by atoms with Crippen molar-refractivity contribution in [1.82, 2.24) is 20.0 Å². The molecule has 116 valence electrons. The highest BCUT2D eigenvalue weighted by Gasteiger charge is 2.25. The third-order valence-electron chi connectivity index (χ3n) is 3.68. The summed E-state index contributed by atoms with van der Waals surface area (Å²) >= 11 is 1.53. The molecule has 0 atom stereocenters. The number of carbonyl (C=O) groups excluding carboxylic acids is 1. The molecule has 2 aromatic rings. The van der Waals surface area contributed by atoms with Gasteiger partial charge in [-0.15, -0.1) is 5.10 Å². The van der Waals surface area contributed by atoms with Crippen molar-refractivity contribution in [1.29, 1.82) is 0 Å². The fourth-order valence-corrected chi connectivity index (χ4v) is 3.34. The van der Waals surface area contributed by atoms with Crippen LogP contribution in [0.5, 0.6) is 0 Å². The van der Waals surface area contributed by atoms with Gasteiger partial charge in [0.15, 0.2) is 0 Å². The summed E-state index contributed by atoms with van der Waals surface area (Å²) in [6.07, 6.45) is 3.07. The van der Waals surface area contributed by atoms with Gasteiger partial charge in [0.25, 0.3) is 0 Å². The molecule has 0 amide bonds. The molecule has 0 unspecified atom stereocenters. The molecule has 1 aliphatic rings. The van der Waals surface area contributed by atoms with Gasteiger partial charge in [-0.1, -0.05) is 11.8 Å². The number of methoxy groups -OCH3 is 1. The van der Waals surface area contributed by atoms with Crippen LogP contribution in [0.2, 0.25) is 0 Å². The Balaban J connectivity index is 1.84. The lowest BCUT2D eigenvalue weighted by atomic mass is 10.1. The summed E-state index contributed by atoms with van der Waals surface area (Å²) in [5, 5.41) is 13.6. The van der Waals surface area contributed by atoms with Gasteiger partial charge in [0.2, 0.25) is 0 Å². The maximum absolute atomic E-state index is 12.1. The summed E-state index contributed by atoms with van der Waals surface area (Å²) in [6.45, 7) is 2.77. The average molecular weight is 318 g/mol. The van der Waals surface area contributed by atoms with Crippen molar-refractivity contribution in [3.05, 3.63) is 34.8 Å². The van der Waals surface area contributed by atoms with Gasteiger partial charge in [0, 0.05) is 12.3 Å². The summed E-state index contributed by atoms with van der Waals surface area (Å²) in [5.41, 5.74) is 3.30. The van der Waals surface area contributed by atoms with Crippen molar-refractivity contribution in [3.8, 4) is 0 Å². The smallest absolute Gasteiger partial charge is 0.341 e. The van der Waals surface area contributed by atoms with E-state index in [1.807, 2.05) is 23.7 Å². The van der Waals surface area contributed by atoms with Crippen LogP contribution in [0.25, 0.3) is 0 Å². The summed E-state index contributed by atoms with van der Waals surface area (Å²) in [7, 11) is 1.41. The number of carbonyl (C=O) groups is 1. The van der Waals surface area contributed by atoms with E-state index in [2.05, 4.69) is 15.3 Å². The SMILES string of the molecule is COC(=O)c1c(CSc2ccc(C)nn2)nn2c1CCCC2. The monoisotopic (exact) mass is 318 g/mol. The zero-order valence-electron chi connectivity index (χ0n) is 12.7. The largest absolute Gasteiger partial charge is 0.465 e. The van der Waals surface area contributed by atoms with Gasteiger partial charge >= 0.3 is 5.97 Å². The number of esters is 1. The Labute approximate surface area is 133 Å². The molecule has 0 aromatic carbocycles. The Morgan fingerprint density at radius 2 is 2.23 bits per heavy atom. The van der Waals surface area contributed by atoms with Crippen molar-refractivity contribution >= 4 is 17.7 Å². The Bertz CT molecular complexity index is 682. The van der Waals surface area contributed by atoms with Crippen LogP contribution >= 0.6 is 11.8 Å². The number of hydrogen-bond acceptors (Lipinski definition) is 6. The molecule has 0 aliphatic carbocycles. The minimum absolute atomic E-state index is 0.297. The topological polar surface area (TPSA) is 69.9 Å². The van der Waals surface area contributed by atoms with E-state index in [1.165, 1.54) is 18.9 Å². The maximum atomic E-state index is 12.1. The minimum Gasteiger partial charge on any atom is -0.465 e. The maximum Gasteiger partial charge on any atom is 0.341 e. The van der Waals surface area contributed by atoms with Gasteiger partial charge in [0.1, 0.15) is 10.6 Å². The van der Waals surface area contributed by atoms with Crippen molar-refractivity contribution in [2.75, 3.05) is 7.11 Å². The van der Waals surface area contributed by atoms with Crippen LogP contribution in [-0.4, -0.2) is 33.1 Å². The van der Waals surface area contributed by atoms with Crippen molar-refractivity contribution < 1.29 is 9.53 Å². The molecule has 0 bridgehead atoms. The fourth-order valence-electron chi connectivity index (χ4n) is 2.59. The molecular formula is C15H18N4O2S. The first-order valence-corrected chi connectivity index (χ1v) is 8.27. The average Bonchev–Trinajstić information content (AvgIpc) is 2.92. The van der Waals surface area contributed by atoms with Gasteiger partial charge in [-0.25, -0.2) is 4.79 Å². The van der Waals surface area contributed by atoms with Crippen LogP contribution in [-0.2, 0) is 23.5 Å². The lowest BCUT2D eigenvalue weighted by Crippen LogP contribution is -2.14. The standard InChI is InChI=1S/C15H18N4O2S/c1-10-6-7-13(17-16-10)22-9-11-14(15(20)21-2)12-5-3-4-8-19(12)18-11/h6-7H,3-5,8-9H2,1-2H3. The molecule has 2 aromatic heterocycles. The van der Waals surface area contributed by atoms with Crippen LogP contribution < -0.4 is 0 Å². The lowest BCUT2D eigenvalue weighted by Gasteiger charge is -2.13. The van der Waals surface area contributed by atoms with E-state index in [0.717, 1.165) is 47.9 Å². The van der Waals surface area contributed by atoms with Crippen LogP contribution in [0.3, 0.4) is 0 Å². The normalized spacial score (nSPS) is 13.7. The number of nitrogens with zero attached hydrogens (tertiary/aromatic N) is 4. The summed E-state index contributed by atoms with van der Waals surface area (Å²) in [4.78, 5) is 12.1. The van der Waals surface area contributed by atoms with Crippen LogP contribution in [0, 0.1) is 6.92 Å². The molecule has 6 nitrogen and oxygen atoms in total. The van der Waals surface area contributed by atoms with Crippen molar-refractivity contribution in [2.24, 2.45) is 0 Å². The van der Waals surface area contributed by atoms with Crippen LogP contribution in [0.4, 0.5) is 0 Å². The lowest BCUT2D eigenvalue weighted by molar-refractivity contribution is 0.0598. The number of ether oxygens (including phenoxy) is 1.